The number of phenols is 1. The van der Waals surface area contributed by atoms with E-state index in [2.05, 4.69) is 51.5 Å². The van der Waals surface area contributed by atoms with Crippen LogP contribution in [0.15, 0.2) is 54.7 Å². The molecule has 14 nitrogen and oxygen atoms in total. The molecule has 0 aliphatic rings. The summed E-state index contributed by atoms with van der Waals surface area (Å²) in [6, 6.07) is 7.62. The van der Waals surface area contributed by atoms with Crippen molar-refractivity contribution in [1.82, 2.24) is 26.3 Å². The second-order valence-corrected chi connectivity index (χ2v) is 12.0. The van der Waals surface area contributed by atoms with Crippen molar-refractivity contribution < 1.29 is 34.2 Å². The Balaban J connectivity index is 1.94. The number of fused-ring (bicyclic) bond motifs is 1. The van der Waals surface area contributed by atoms with Crippen molar-refractivity contribution in [2.45, 2.75) is 62.3 Å². The van der Waals surface area contributed by atoms with Crippen LogP contribution in [0.1, 0.15) is 30.4 Å². The number of thiol groups is 2. The molecule has 4 amide bonds. The number of rotatable bonds is 19. The highest BCUT2D eigenvalue weighted by Gasteiger charge is 2.32. The molecule has 48 heavy (non-hydrogen) atoms. The molecule has 11 N–H and O–H groups in total. The topological polar surface area (TPSA) is 242 Å². The first-order valence-corrected chi connectivity index (χ1v) is 16.7. The van der Waals surface area contributed by atoms with Gasteiger partial charge in [-0.1, -0.05) is 30.3 Å². The zero-order valence-electron chi connectivity index (χ0n) is 26.2. The first-order valence-electron chi connectivity index (χ1n) is 15.4. The number of unbranched alkanes of at least 4 members (excludes halogenated alkanes) is 1. The molecule has 1 aromatic heterocycles. The third-order valence-corrected chi connectivity index (χ3v) is 8.41. The number of hydrogen-bond acceptors (Lipinski definition) is 10. The van der Waals surface area contributed by atoms with Gasteiger partial charge in [0.15, 0.2) is 0 Å². The Morgan fingerprint density at radius 3 is 1.96 bits per heavy atom. The Labute approximate surface area is 289 Å². The van der Waals surface area contributed by atoms with Gasteiger partial charge in [0, 0.05) is 41.4 Å². The van der Waals surface area contributed by atoms with Crippen LogP contribution in [-0.2, 0) is 36.8 Å². The first kappa shape index (κ1) is 38.2. The molecule has 0 saturated carbocycles. The van der Waals surface area contributed by atoms with Gasteiger partial charge in [0.2, 0.25) is 23.6 Å². The number of aromatic nitrogens is 1. The summed E-state index contributed by atoms with van der Waals surface area (Å²) in [6.07, 6.45) is 2.89. The summed E-state index contributed by atoms with van der Waals surface area (Å²) in [5, 5.41) is 30.4. The molecule has 0 unspecified atom stereocenters. The number of aliphatic carboxylic acids is 1. The first-order chi connectivity index (χ1) is 23.0. The molecule has 16 heteroatoms. The monoisotopic (exact) mass is 701 g/mol. The second-order valence-electron chi connectivity index (χ2n) is 11.3. The lowest BCUT2D eigenvalue weighted by atomic mass is 10.0. The third-order valence-electron chi connectivity index (χ3n) is 7.65. The van der Waals surface area contributed by atoms with Crippen LogP contribution < -0.4 is 32.7 Å². The van der Waals surface area contributed by atoms with E-state index in [0.717, 1.165) is 10.9 Å². The summed E-state index contributed by atoms with van der Waals surface area (Å²) in [4.78, 5) is 68.5. The van der Waals surface area contributed by atoms with E-state index in [1.54, 1.807) is 18.3 Å². The number of H-pyrrole nitrogens is 1. The maximum Gasteiger partial charge on any atom is 0.327 e. The summed E-state index contributed by atoms with van der Waals surface area (Å²) in [5.41, 5.74) is 13.6. The van der Waals surface area contributed by atoms with Crippen molar-refractivity contribution in [3.63, 3.8) is 0 Å². The molecule has 0 aliphatic heterocycles. The molecule has 1 heterocycles. The molecule has 0 fully saturated rings. The number of nitrogens with two attached hydrogens (primary N) is 2. The number of phenolic OH excluding ortho intramolecular Hbond substituents is 1. The molecule has 5 atom stereocenters. The highest BCUT2D eigenvalue weighted by Crippen LogP contribution is 2.20. The average Bonchev–Trinajstić information content (AvgIpc) is 3.48. The van der Waals surface area contributed by atoms with Gasteiger partial charge in [0.05, 0.1) is 6.04 Å². The SMILES string of the molecule is NCCCC[C@H](NC(=O)[C@@H](Cc1c[nH]c2ccccc12)NC(=O)[C@H](Cc1ccc(O)cc1)NC(=O)[C@@H](N)CS)C(=O)N[C@@H](CS)C(=O)O. The maximum absolute atomic E-state index is 14.0. The number of carboxylic acid groups (broad SMARTS) is 1. The largest absolute Gasteiger partial charge is 0.508 e. The van der Waals surface area contributed by atoms with Gasteiger partial charge in [0.25, 0.3) is 0 Å². The highest BCUT2D eigenvalue weighted by molar-refractivity contribution is 7.80. The van der Waals surface area contributed by atoms with Gasteiger partial charge in [-0.3, -0.25) is 19.2 Å². The van der Waals surface area contributed by atoms with Gasteiger partial charge < -0.3 is 47.9 Å². The van der Waals surface area contributed by atoms with Crippen molar-refractivity contribution in [3.05, 3.63) is 65.9 Å². The van der Waals surface area contributed by atoms with Crippen LogP contribution in [0.2, 0.25) is 0 Å². The van der Waals surface area contributed by atoms with Crippen LogP contribution in [0.3, 0.4) is 0 Å². The van der Waals surface area contributed by atoms with Crippen molar-refractivity contribution in [2.24, 2.45) is 11.5 Å². The van der Waals surface area contributed by atoms with Crippen molar-refractivity contribution in [3.8, 4) is 5.75 Å². The molecule has 0 bridgehead atoms. The van der Waals surface area contributed by atoms with Gasteiger partial charge in [-0.2, -0.15) is 25.3 Å². The van der Waals surface area contributed by atoms with E-state index in [0.29, 0.717) is 30.5 Å². The Bertz CT molecular complexity index is 1550. The van der Waals surface area contributed by atoms with E-state index in [4.69, 9.17) is 11.5 Å². The predicted molar refractivity (Wildman–Crippen MR) is 188 cm³/mol. The van der Waals surface area contributed by atoms with Crippen LogP contribution in [-0.4, -0.2) is 93.1 Å². The number of benzene rings is 2. The number of nitrogens with one attached hydrogen (secondary N) is 5. The Morgan fingerprint density at radius 2 is 1.33 bits per heavy atom. The molecule has 2 aromatic carbocycles. The van der Waals surface area contributed by atoms with Crippen LogP contribution in [0.4, 0.5) is 0 Å². The van der Waals surface area contributed by atoms with Gasteiger partial charge in [-0.05, 0) is 55.1 Å². The van der Waals surface area contributed by atoms with Gasteiger partial charge >= 0.3 is 5.97 Å². The number of para-hydroxylation sites is 1. The molecule has 0 saturated heterocycles. The average molecular weight is 702 g/mol. The number of amides is 4. The zero-order valence-corrected chi connectivity index (χ0v) is 28.0. The summed E-state index contributed by atoms with van der Waals surface area (Å²) in [7, 11) is 0. The van der Waals surface area contributed by atoms with Gasteiger partial charge in [-0.15, -0.1) is 0 Å². The molecule has 0 aliphatic carbocycles. The molecule has 0 radical (unpaired) electrons. The molecular weight excluding hydrogens is 659 g/mol. The number of carbonyl (C=O) groups is 5. The quantitative estimate of drug-likeness (QED) is 0.0595. The smallest absolute Gasteiger partial charge is 0.327 e. The van der Waals surface area contributed by atoms with E-state index >= 15 is 0 Å². The minimum Gasteiger partial charge on any atom is -0.508 e. The number of aromatic hydroxyl groups is 1. The summed E-state index contributed by atoms with van der Waals surface area (Å²) < 4.78 is 0. The summed E-state index contributed by atoms with van der Waals surface area (Å²) in [5.74, 6) is -4.18. The van der Waals surface area contributed by atoms with Crippen LogP contribution in [0.5, 0.6) is 5.75 Å². The van der Waals surface area contributed by atoms with E-state index in [9.17, 15) is 34.2 Å². The predicted octanol–water partition coefficient (Wildman–Crippen LogP) is -0.00160. The number of aromatic amines is 1. The number of carboxylic acids is 1. The standard InChI is InChI=1S/C32H43N7O7S2/c33-12-4-3-7-24(29(42)39-27(17-48)32(45)46)36-31(44)26(14-19-15-35-23-6-2-1-5-21(19)23)38-30(43)25(37-28(41)22(34)16-47)13-18-8-10-20(40)11-9-18/h1-2,5-6,8-11,15,22,24-27,35,40,47-48H,3-4,7,12-14,16-17,33-34H2,(H,36,44)(H,37,41)(H,38,43)(H,39,42)(H,45,46)/t22-,24-,25-,26+,27-/m0/s1. The maximum atomic E-state index is 14.0. The van der Waals surface area contributed by atoms with E-state index in [1.165, 1.54) is 12.1 Å². The molecular formula is C32H43N7O7S2. The Morgan fingerprint density at radius 1 is 0.750 bits per heavy atom. The van der Waals surface area contributed by atoms with Crippen LogP contribution in [0.25, 0.3) is 10.9 Å². The Hall–Kier alpha value is -4.25. The fraction of sp³-hybridized carbons (Fsp3) is 0.406. The van der Waals surface area contributed by atoms with Crippen LogP contribution >= 0.6 is 25.3 Å². The summed E-state index contributed by atoms with van der Waals surface area (Å²) >= 11 is 8.07. The third kappa shape index (κ3) is 11.2. The minimum absolute atomic E-state index is 0.00297. The Kier molecular flexibility index (Phi) is 15.1. The summed E-state index contributed by atoms with van der Waals surface area (Å²) in [6.45, 7) is 0.348. The molecule has 3 aromatic rings. The van der Waals surface area contributed by atoms with E-state index < -0.39 is 59.8 Å². The van der Waals surface area contributed by atoms with Crippen molar-refractivity contribution in [2.75, 3.05) is 18.1 Å². The van der Waals surface area contributed by atoms with Crippen LogP contribution in [0, 0.1) is 0 Å². The van der Waals surface area contributed by atoms with E-state index in [1.807, 2.05) is 24.3 Å². The number of hydrogen-bond donors (Lipinski definition) is 11. The lowest BCUT2D eigenvalue weighted by Gasteiger charge is -2.26. The fourth-order valence-electron chi connectivity index (χ4n) is 4.93. The fourth-order valence-corrected chi connectivity index (χ4v) is 5.35. The highest BCUT2D eigenvalue weighted by atomic mass is 32.1. The second kappa shape index (κ2) is 18.9. The van der Waals surface area contributed by atoms with E-state index in [-0.39, 0.29) is 36.5 Å². The lowest BCUT2D eigenvalue weighted by molar-refractivity contribution is -0.141. The minimum atomic E-state index is -1.29. The lowest BCUT2D eigenvalue weighted by Crippen LogP contribution is -2.59. The normalized spacial score (nSPS) is 14.2. The van der Waals surface area contributed by atoms with Crippen molar-refractivity contribution in [1.29, 1.82) is 0 Å². The van der Waals surface area contributed by atoms with Crippen molar-refractivity contribution >= 4 is 65.8 Å². The van der Waals surface area contributed by atoms with Gasteiger partial charge in [0.1, 0.15) is 29.9 Å². The number of carbonyl (C=O) groups excluding carboxylic acids is 4. The van der Waals surface area contributed by atoms with Gasteiger partial charge in [-0.25, -0.2) is 4.79 Å². The molecule has 0 spiro atoms. The zero-order chi connectivity index (χ0) is 35.2. The molecule has 3 rings (SSSR count). The molecule has 260 valence electrons.